The van der Waals surface area contributed by atoms with Gasteiger partial charge in [0.1, 0.15) is 0 Å². The molecule has 0 fully saturated rings. The quantitative estimate of drug-likeness (QED) is 0.460. The number of hydrogen-bond donors (Lipinski definition) is 1. The molecule has 0 aromatic rings. The molecular weight excluding hydrogens is 160 g/mol. The molecular formula is C3H9BrOSi. The summed E-state index contributed by atoms with van der Waals surface area (Å²) < 4.78 is 0. The molecule has 0 atom stereocenters. The third-order valence-corrected chi connectivity index (χ3v) is 5.10. The van der Waals surface area contributed by atoms with Gasteiger partial charge in [-0.15, -0.1) is 0 Å². The molecule has 0 bridgehead atoms. The zero-order valence-electron chi connectivity index (χ0n) is 4.03. The van der Waals surface area contributed by atoms with Gasteiger partial charge >= 0.3 is 0 Å². The molecule has 1 N–H and O–H groups in total. The Labute approximate surface area is 47.6 Å². The lowest BCUT2D eigenvalue weighted by Gasteiger charge is -2.05. The van der Waals surface area contributed by atoms with Crippen LogP contribution in [0.5, 0.6) is 0 Å². The van der Waals surface area contributed by atoms with Gasteiger partial charge in [-0.3, -0.25) is 0 Å². The van der Waals surface area contributed by atoms with Crippen molar-refractivity contribution in [2.45, 2.75) is 13.1 Å². The van der Waals surface area contributed by atoms with E-state index in [1.165, 1.54) is 0 Å². The van der Waals surface area contributed by atoms with Crippen LogP contribution in [-0.4, -0.2) is 18.1 Å². The van der Waals surface area contributed by atoms with Crippen LogP contribution in [-0.2, 0) is 0 Å². The van der Waals surface area contributed by atoms with Crippen molar-refractivity contribution in [2.75, 3.05) is 4.95 Å². The maximum Gasteiger partial charge on any atom is 0.192 e. The highest BCUT2D eigenvalue weighted by Gasteiger charge is 2.12. The molecule has 1 nitrogen and oxygen atoms in total. The van der Waals surface area contributed by atoms with Gasteiger partial charge in [0.15, 0.2) is 8.32 Å². The Morgan fingerprint density at radius 2 is 1.83 bits per heavy atom. The van der Waals surface area contributed by atoms with E-state index >= 15 is 0 Å². The molecule has 6 heavy (non-hydrogen) atoms. The van der Waals surface area contributed by atoms with Crippen LogP contribution in [0, 0.1) is 0 Å². The normalized spacial score (nSPS) is 12.0. The smallest absolute Gasteiger partial charge is 0.192 e. The topological polar surface area (TPSA) is 20.2 Å². The van der Waals surface area contributed by atoms with Crippen molar-refractivity contribution in [2.24, 2.45) is 0 Å². The van der Waals surface area contributed by atoms with Gasteiger partial charge in [0, 0.05) is 4.95 Å². The first kappa shape index (κ1) is 6.66. The molecule has 0 aliphatic rings. The number of hydrogen-bond acceptors (Lipinski definition) is 1. The zero-order valence-corrected chi connectivity index (χ0v) is 6.62. The minimum atomic E-state index is -1.71. The Morgan fingerprint density at radius 3 is 1.83 bits per heavy atom. The molecule has 3 heteroatoms. The fraction of sp³-hybridized carbons (Fsp3) is 1.00. The molecule has 0 rings (SSSR count). The lowest BCUT2D eigenvalue weighted by molar-refractivity contribution is 0.560. The summed E-state index contributed by atoms with van der Waals surface area (Å²) in [6, 6.07) is 0. The largest absolute Gasteiger partial charge is 0.431 e. The Kier molecular flexibility index (Phi) is 2.32. The molecule has 0 aliphatic heterocycles. The molecule has 0 unspecified atom stereocenters. The Bertz CT molecular complexity index is 40.5. The van der Waals surface area contributed by atoms with Crippen molar-refractivity contribution in [3.05, 3.63) is 0 Å². The summed E-state index contributed by atoms with van der Waals surface area (Å²) in [4.78, 5) is 9.70. The van der Waals surface area contributed by atoms with E-state index in [1.54, 1.807) is 0 Å². The lowest BCUT2D eigenvalue weighted by Crippen LogP contribution is -2.27. The van der Waals surface area contributed by atoms with Gasteiger partial charge < -0.3 is 4.80 Å². The first-order valence-corrected chi connectivity index (χ1v) is 6.12. The second kappa shape index (κ2) is 2.09. The average Bonchev–Trinajstić information content (AvgIpc) is 1.35. The van der Waals surface area contributed by atoms with Crippen molar-refractivity contribution in [1.82, 2.24) is 0 Å². The molecule has 0 aromatic carbocycles. The van der Waals surface area contributed by atoms with E-state index in [9.17, 15) is 0 Å². The molecule has 0 amide bonds. The number of alkyl halides is 1. The van der Waals surface area contributed by atoms with Crippen LogP contribution in [0.2, 0.25) is 13.1 Å². The zero-order chi connectivity index (χ0) is 5.21. The van der Waals surface area contributed by atoms with Gasteiger partial charge in [0.25, 0.3) is 0 Å². The summed E-state index contributed by atoms with van der Waals surface area (Å²) in [6.07, 6.45) is 0. The molecule has 0 spiro atoms. The SMILES string of the molecule is C[Si](C)(O)CBr. The standard InChI is InChI=1S/C3H9BrOSi/c1-6(2,5)3-4/h5H,3H2,1-2H3. The molecule has 0 heterocycles. The van der Waals surface area contributed by atoms with Crippen LogP contribution < -0.4 is 0 Å². The summed E-state index contributed by atoms with van der Waals surface area (Å²) in [6.45, 7) is 3.78. The predicted molar refractivity (Wildman–Crippen MR) is 33.5 cm³/mol. The molecule has 38 valence electrons. The summed E-state index contributed by atoms with van der Waals surface area (Å²) in [5.41, 5.74) is 0. The van der Waals surface area contributed by atoms with Gasteiger partial charge in [-0.05, 0) is 13.1 Å². The first-order valence-electron chi connectivity index (χ1n) is 1.84. The van der Waals surface area contributed by atoms with Crippen LogP contribution >= 0.6 is 15.9 Å². The van der Waals surface area contributed by atoms with E-state index in [0.29, 0.717) is 0 Å². The predicted octanol–water partition coefficient (Wildman–Crippen LogP) is 1.12. The van der Waals surface area contributed by atoms with Gasteiger partial charge in [0.2, 0.25) is 0 Å². The minimum absolute atomic E-state index is 0.778. The van der Waals surface area contributed by atoms with Crippen LogP contribution in [0.1, 0.15) is 0 Å². The van der Waals surface area contributed by atoms with E-state index in [1.807, 2.05) is 13.1 Å². The monoisotopic (exact) mass is 168 g/mol. The summed E-state index contributed by atoms with van der Waals surface area (Å²) >= 11 is 3.18. The summed E-state index contributed by atoms with van der Waals surface area (Å²) in [5.74, 6) is 0. The average molecular weight is 169 g/mol. The lowest BCUT2D eigenvalue weighted by atomic mass is 11.8. The molecule has 0 aromatic heterocycles. The fourth-order valence-corrected chi connectivity index (χ4v) is 0. The van der Waals surface area contributed by atoms with Crippen molar-refractivity contribution < 1.29 is 4.80 Å². The number of halogens is 1. The third-order valence-electron chi connectivity index (χ3n) is 0.327. The van der Waals surface area contributed by atoms with Crippen molar-refractivity contribution in [3.8, 4) is 0 Å². The van der Waals surface area contributed by atoms with Crippen LogP contribution in [0.4, 0.5) is 0 Å². The molecule has 0 aliphatic carbocycles. The highest BCUT2D eigenvalue weighted by Crippen LogP contribution is 1.98. The maximum absolute atomic E-state index is 8.92. The van der Waals surface area contributed by atoms with E-state index in [0.717, 1.165) is 4.95 Å². The van der Waals surface area contributed by atoms with Gasteiger partial charge in [0.05, 0.1) is 0 Å². The Hall–Kier alpha value is 0.657. The van der Waals surface area contributed by atoms with Crippen molar-refractivity contribution in [3.63, 3.8) is 0 Å². The van der Waals surface area contributed by atoms with Crippen LogP contribution in [0.3, 0.4) is 0 Å². The highest BCUT2D eigenvalue weighted by molar-refractivity contribution is 9.09. The van der Waals surface area contributed by atoms with E-state index in [4.69, 9.17) is 4.80 Å². The molecule has 0 radical (unpaired) electrons. The minimum Gasteiger partial charge on any atom is -0.431 e. The van der Waals surface area contributed by atoms with Gasteiger partial charge in [-0.25, -0.2) is 0 Å². The van der Waals surface area contributed by atoms with Crippen LogP contribution in [0.25, 0.3) is 0 Å². The summed E-state index contributed by atoms with van der Waals surface area (Å²) in [7, 11) is -1.71. The second-order valence-corrected chi connectivity index (χ2v) is 7.52. The van der Waals surface area contributed by atoms with Gasteiger partial charge in [-0.2, -0.15) is 0 Å². The molecule has 0 saturated carbocycles. The third kappa shape index (κ3) is 4.66. The highest BCUT2D eigenvalue weighted by atomic mass is 79.9. The van der Waals surface area contributed by atoms with E-state index < -0.39 is 8.32 Å². The van der Waals surface area contributed by atoms with Gasteiger partial charge in [-0.1, -0.05) is 15.9 Å². The van der Waals surface area contributed by atoms with E-state index in [2.05, 4.69) is 15.9 Å². The first-order chi connectivity index (χ1) is 2.56. The maximum atomic E-state index is 8.92. The Balaban J connectivity index is 3.17. The Morgan fingerprint density at radius 1 is 1.67 bits per heavy atom. The summed E-state index contributed by atoms with van der Waals surface area (Å²) in [5, 5.41) is 0. The van der Waals surface area contributed by atoms with Crippen LogP contribution in [0.15, 0.2) is 0 Å². The molecule has 0 saturated heterocycles. The number of rotatable bonds is 1. The second-order valence-electron chi connectivity index (χ2n) is 1.95. The van der Waals surface area contributed by atoms with Crippen molar-refractivity contribution >= 4 is 24.2 Å². The fourth-order valence-electron chi connectivity index (χ4n) is 0. The van der Waals surface area contributed by atoms with E-state index in [-0.39, 0.29) is 0 Å². The van der Waals surface area contributed by atoms with Crippen molar-refractivity contribution in [1.29, 1.82) is 0 Å².